The molecule has 0 radical (unpaired) electrons. The Bertz CT molecular complexity index is 859. The van der Waals surface area contributed by atoms with Crippen LogP contribution in [-0.4, -0.2) is 16.6 Å². The van der Waals surface area contributed by atoms with Crippen LogP contribution < -0.4 is 5.32 Å². The molecule has 1 N–H and O–H groups in total. The highest BCUT2D eigenvalue weighted by Crippen LogP contribution is 2.36. The zero-order valence-electron chi connectivity index (χ0n) is 13.3. The highest BCUT2D eigenvalue weighted by atomic mass is 79.9. The fraction of sp³-hybridized carbons (Fsp3) is 0.188. The number of hydrogen-bond acceptors (Lipinski definition) is 4. The fourth-order valence-electron chi connectivity index (χ4n) is 2.01. The third kappa shape index (κ3) is 5.21. The molecule has 0 heterocycles. The summed E-state index contributed by atoms with van der Waals surface area (Å²) >= 11 is 4.11. The topological polar surface area (TPSA) is 72.2 Å². The summed E-state index contributed by atoms with van der Waals surface area (Å²) in [5, 5.41) is 13.7. The third-order valence-corrected chi connectivity index (χ3v) is 4.96. The second-order valence-electron chi connectivity index (χ2n) is 5.26. The van der Waals surface area contributed by atoms with Crippen molar-refractivity contribution in [3.63, 3.8) is 0 Å². The van der Waals surface area contributed by atoms with E-state index in [1.165, 1.54) is 0 Å². The summed E-state index contributed by atoms with van der Waals surface area (Å²) in [6, 6.07) is 7.53. The van der Waals surface area contributed by atoms with Gasteiger partial charge in [0.05, 0.1) is 26.8 Å². The van der Waals surface area contributed by atoms with Crippen molar-refractivity contribution in [1.82, 2.24) is 0 Å². The first-order valence-electron chi connectivity index (χ1n) is 7.12. The van der Waals surface area contributed by atoms with Crippen LogP contribution in [0.2, 0.25) is 0 Å². The molecule has 2 aromatic carbocycles. The van der Waals surface area contributed by atoms with Gasteiger partial charge >= 0.3 is 6.18 Å². The van der Waals surface area contributed by atoms with Crippen LogP contribution in [0.4, 0.5) is 24.5 Å². The molecule has 10 heteroatoms. The highest BCUT2D eigenvalue weighted by molar-refractivity contribution is 9.10. The predicted molar refractivity (Wildman–Crippen MR) is 96.3 cm³/mol. The van der Waals surface area contributed by atoms with Crippen molar-refractivity contribution in [3.8, 4) is 0 Å². The number of benzene rings is 2. The molecule has 0 aliphatic heterocycles. The Hall–Kier alpha value is -2.07. The van der Waals surface area contributed by atoms with E-state index in [9.17, 15) is 28.1 Å². The number of thioether (sulfide) groups is 1. The maximum absolute atomic E-state index is 12.7. The van der Waals surface area contributed by atoms with Gasteiger partial charge in [-0.15, -0.1) is 11.8 Å². The van der Waals surface area contributed by atoms with E-state index in [2.05, 4.69) is 21.2 Å². The summed E-state index contributed by atoms with van der Waals surface area (Å²) in [5.41, 5.74) is -0.275. The minimum Gasteiger partial charge on any atom is -0.324 e. The van der Waals surface area contributed by atoms with Crippen LogP contribution >= 0.6 is 27.7 Å². The van der Waals surface area contributed by atoms with E-state index in [-0.39, 0.29) is 10.6 Å². The number of nitro benzene ring substituents is 1. The van der Waals surface area contributed by atoms with Crippen LogP contribution in [-0.2, 0) is 11.0 Å². The third-order valence-electron chi connectivity index (χ3n) is 3.24. The van der Waals surface area contributed by atoms with Gasteiger partial charge in [-0.1, -0.05) is 6.07 Å². The lowest BCUT2D eigenvalue weighted by atomic mass is 10.2. The Morgan fingerprint density at radius 2 is 1.96 bits per heavy atom. The van der Waals surface area contributed by atoms with Crippen molar-refractivity contribution in [2.24, 2.45) is 0 Å². The Kier molecular flexibility index (Phi) is 6.30. The van der Waals surface area contributed by atoms with E-state index in [0.29, 0.717) is 16.2 Å². The average Bonchev–Trinajstić information content (AvgIpc) is 2.54. The number of carbonyl (C=O) groups excluding carboxylic acids is 1. The van der Waals surface area contributed by atoms with Gasteiger partial charge in [0.25, 0.3) is 5.69 Å². The van der Waals surface area contributed by atoms with Gasteiger partial charge in [0.1, 0.15) is 0 Å². The van der Waals surface area contributed by atoms with Crippen molar-refractivity contribution in [3.05, 3.63) is 62.1 Å². The molecule has 2 aromatic rings. The summed E-state index contributed by atoms with van der Waals surface area (Å²) in [5.74, 6) is -0.624. The number of aryl methyl sites for hydroxylation is 1. The second-order valence-corrected chi connectivity index (χ2v) is 7.13. The van der Waals surface area contributed by atoms with Crippen molar-refractivity contribution < 1.29 is 22.9 Å². The van der Waals surface area contributed by atoms with Crippen LogP contribution in [0.25, 0.3) is 0 Å². The molecule has 2 rings (SSSR count). The zero-order chi connectivity index (χ0) is 19.5. The van der Waals surface area contributed by atoms with E-state index in [4.69, 9.17) is 0 Å². The van der Waals surface area contributed by atoms with Crippen molar-refractivity contribution in [2.75, 3.05) is 11.1 Å². The molecule has 0 aliphatic carbocycles. The van der Waals surface area contributed by atoms with Gasteiger partial charge in [0, 0.05) is 10.5 Å². The Morgan fingerprint density at radius 3 is 2.54 bits per heavy atom. The first kappa shape index (κ1) is 20.2. The molecule has 0 bridgehead atoms. The Labute approximate surface area is 159 Å². The molecular weight excluding hydrogens is 437 g/mol. The molecule has 0 atom stereocenters. The first-order chi connectivity index (χ1) is 12.1. The van der Waals surface area contributed by atoms with E-state index in [0.717, 1.165) is 29.5 Å². The number of hydrogen-bond donors (Lipinski definition) is 1. The van der Waals surface area contributed by atoms with Gasteiger partial charge in [-0.3, -0.25) is 14.9 Å². The number of carbonyl (C=O) groups is 1. The van der Waals surface area contributed by atoms with E-state index in [1.54, 1.807) is 12.1 Å². The van der Waals surface area contributed by atoms with E-state index < -0.39 is 28.3 Å². The molecule has 0 saturated heterocycles. The Balaban J connectivity index is 2.11. The fourth-order valence-corrected chi connectivity index (χ4v) is 3.41. The van der Waals surface area contributed by atoms with Gasteiger partial charge in [-0.2, -0.15) is 13.2 Å². The van der Waals surface area contributed by atoms with E-state index >= 15 is 0 Å². The average molecular weight is 449 g/mol. The van der Waals surface area contributed by atoms with Gasteiger partial charge in [-0.25, -0.2) is 0 Å². The van der Waals surface area contributed by atoms with Crippen molar-refractivity contribution in [1.29, 1.82) is 0 Å². The lowest BCUT2D eigenvalue weighted by Crippen LogP contribution is -2.14. The molecule has 0 aliphatic rings. The number of nitrogens with zero attached hydrogens (tertiary/aromatic N) is 1. The van der Waals surface area contributed by atoms with Crippen LogP contribution in [0, 0.1) is 17.0 Å². The SMILES string of the molecule is Cc1ccc(NC(=O)CSc2ccc(C(F)(F)F)cc2[N+](=O)[O-])c(Br)c1. The zero-order valence-corrected chi connectivity index (χ0v) is 15.7. The lowest BCUT2D eigenvalue weighted by Gasteiger charge is -2.10. The number of anilines is 1. The standard InChI is InChI=1S/C16H12BrF3N2O3S/c1-9-2-4-12(11(17)6-9)21-15(23)8-26-14-5-3-10(16(18,19)20)7-13(14)22(24)25/h2-7H,8H2,1H3,(H,21,23). The molecule has 0 spiro atoms. The van der Waals surface area contributed by atoms with Crippen molar-refractivity contribution in [2.45, 2.75) is 18.0 Å². The summed E-state index contributed by atoms with van der Waals surface area (Å²) in [6.45, 7) is 1.88. The molecule has 0 saturated carbocycles. The minimum atomic E-state index is -4.68. The Morgan fingerprint density at radius 1 is 1.27 bits per heavy atom. The second kappa shape index (κ2) is 8.09. The van der Waals surface area contributed by atoms with Gasteiger partial charge in [0.2, 0.25) is 5.91 Å². The molecule has 5 nitrogen and oxygen atoms in total. The molecule has 0 fully saturated rings. The normalized spacial score (nSPS) is 11.3. The molecular formula is C16H12BrF3N2O3S. The summed E-state index contributed by atoms with van der Waals surface area (Å²) in [7, 11) is 0. The van der Waals surface area contributed by atoms with E-state index in [1.807, 2.05) is 13.0 Å². The van der Waals surface area contributed by atoms with Crippen molar-refractivity contribution >= 4 is 45.0 Å². The quantitative estimate of drug-likeness (QED) is 0.376. The number of rotatable bonds is 5. The minimum absolute atomic E-state index is 0.0129. The molecule has 0 aromatic heterocycles. The summed E-state index contributed by atoms with van der Waals surface area (Å²) < 4.78 is 38.7. The molecule has 26 heavy (non-hydrogen) atoms. The molecule has 0 unspecified atom stereocenters. The number of alkyl halides is 3. The largest absolute Gasteiger partial charge is 0.416 e. The maximum atomic E-state index is 12.7. The summed E-state index contributed by atoms with van der Waals surface area (Å²) in [6.07, 6.45) is -4.68. The monoisotopic (exact) mass is 448 g/mol. The number of nitro groups is 1. The predicted octanol–water partition coefficient (Wildman–Crippen LogP) is 5.42. The number of amides is 1. The molecule has 1 amide bonds. The summed E-state index contributed by atoms with van der Waals surface area (Å²) in [4.78, 5) is 22.1. The van der Waals surface area contributed by atoms with Gasteiger partial charge < -0.3 is 5.32 Å². The van der Waals surface area contributed by atoms with Gasteiger partial charge in [0.15, 0.2) is 0 Å². The first-order valence-corrected chi connectivity index (χ1v) is 8.90. The number of nitrogens with one attached hydrogen (secondary N) is 1. The van der Waals surface area contributed by atoms with Crippen LogP contribution in [0.1, 0.15) is 11.1 Å². The lowest BCUT2D eigenvalue weighted by molar-refractivity contribution is -0.388. The number of halogens is 4. The van der Waals surface area contributed by atoms with Gasteiger partial charge in [-0.05, 0) is 52.7 Å². The van der Waals surface area contributed by atoms with Crippen LogP contribution in [0.15, 0.2) is 45.8 Å². The highest BCUT2D eigenvalue weighted by Gasteiger charge is 2.33. The maximum Gasteiger partial charge on any atom is 0.416 e. The molecule has 138 valence electrons. The van der Waals surface area contributed by atoms with Crippen LogP contribution in [0.3, 0.4) is 0 Å². The smallest absolute Gasteiger partial charge is 0.324 e. The van der Waals surface area contributed by atoms with Crippen LogP contribution in [0.5, 0.6) is 0 Å².